The number of fused-ring (bicyclic) bond motifs is 2. The molecule has 4 nitrogen and oxygen atoms in total. The quantitative estimate of drug-likeness (QED) is 0.458. The van der Waals surface area contributed by atoms with Gasteiger partial charge >= 0.3 is 0 Å². The molecule has 0 saturated carbocycles. The summed E-state index contributed by atoms with van der Waals surface area (Å²) in [6, 6.07) is -0.519. The van der Waals surface area contributed by atoms with Gasteiger partial charge in [-0.25, -0.2) is 0 Å². The first kappa shape index (κ1) is 8.50. The molecular weight excluding hydrogens is 159 g/mol. The number of hydrogen-bond donors (Lipinski definition) is 2. The Hall–Kier alpha value is -0.0951. The molecule has 0 amide bonds. The van der Waals surface area contributed by atoms with Gasteiger partial charge in [0.05, 0.1) is 25.9 Å². The maximum absolute atomic E-state index is 9.68. The third-order valence-corrected chi connectivity index (χ3v) is 2.66. The summed E-state index contributed by atoms with van der Waals surface area (Å²) in [5.74, 6) is -0.203. The smallest absolute Gasteiger partial charge is 0.140 e. The summed E-state index contributed by atoms with van der Waals surface area (Å²) in [7, 11) is 5.60. The normalized spacial score (nSPS) is 52.7. The molecular formula is C7H11BO4. The van der Waals surface area contributed by atoms with E-state index in [4.69, 9.17) is 22.4 Å². The lowest BCUT2D eigenvalue weighted by molar-refractivity contribution is -0.153. The van der Waals surface area contributed by atoms with Gasteiger partial charge in [-0.1, -0.05) is 0 Å². The number of aliphatic hydroxyl groups is 2. The van der Waals surface area contributed by atoms with Crippen LogP contribution in [0.1, 0.15) is 0 Å². The van der Waals surface area contributed by atoms with Crippen LogP contribution in [-0.4, -0.2) is 55.6 Å². The summed E-state index contributed by atoms with van der Waals surface area (Å²) < 4.78 is 10.5. The predicted octanol–water partition coefficient (Wildman–Crippen LogP) is -1.75. The van der Waals surface area contributed by atoms with Gasteiger partial charge in [0, 0.05) is 11.9 Å². The monoisotopic (exact) mass is 170 g/mol. The minimum Gasteiger partial charge on any atom is -0.393 e. The van der Waals surface area contributed by atoms with Gasteiger partial charge in [-0.05, 0) is 0 Å². The van der Waals surface area contributed by atoms with E-state index < -0.39 is 17.7 Å². The van der Waals surface area contributed by atoms with Crippen LogP contribution in [0.25, 0.3) is 0 Å². The molecule has 2 N–H and O–H groups in total. The first-order valence-corrected chi connectivity index (χ1v) is 4.00. The molecule has 0 spiro atoms. The van der Waals surface area contributed by atoms with Crippen molar-refractivity contribution in [3.8, 4) is 0 Å². The van der Waals surface area contributed by atoms with Crippen LogP contribution in [0.3, 0.4) is 0 Å². The Bertz CT molecular complexity index is 188. The number of ether oxygens (including phenoxy) is 2. The lowest BCUT2D eigenvalue weighted by Crippen LogP contribution is -2.52. The molecule has 12 heavy (non-hydrogen) atoms. The van der Waals surface area contributed by atoms with Crippen LogP contribution in [0.2, 0.25) is 0 Å². The molecule has 0 aromatic carbocycles. The van der Waals surface area contributed by atoms with Crippen molar-refractivity contribution in [1.29, 1.82) is 0 Å². The Kier molecular flexibility index (Phi) is 1.91. The summed E-state index contributed by atoms with van der Waals surface area (Å²) in [6.45, 7) is 0.372. The Morgan fingerprint density at radius 1 is 1.58 bits per heavy atom. The standard InChI is InChI=1S/C7H11BO4/c8-6-4-1-11-3-7(2-9,12-6)5(4)10/h4-6,9-10H,1-3H2/t4?,5-,6?,7+/m1/s1. The van der Waals surface area contributed by atoms with E-state index >= 15 is 0 Å². The summed E-state index contributed by atoms with van der Waals surface area (Å²) in [5.41, 5.74) is -0.970. The van der Waals surface area contributed by atoms with Gasteiger partial charge in [0.1, 0.15) is 13.4 Å². The Morgan fingerprint density at radius 3 is 2.92 bits per heavy atom. The van der Waals surface area contributed by atoms with Crippen molar-refractivity contribution in [3.63, 3.8) is 0 Å². The first-order valence-electron chi connectivity index (χ1n) is 4.00. The first-order chi connectivity index (χ1) is 5.69. The molecule has 66 valence electrons. The van der Waals surface area contributed by atoms with E-state index in [9.17, 15) is 5.11 Å². The van der Waals surface area contributed by atoms with Gasteiger partial charge in [0.25, 0.3) is 0 Å². The maximum atomic E-state index is 9.68. The highest BCUT2D eigenvalue weighted by atomic mass is 16.6. The topological polar surface area (TPSA) is 58.9 Å². The highest BCUT2D eigenvalue weighted by Gasteiger charge is 2.55. The van der Waals surface area contributed by atoms with Crippen molar-refractivity contribution in [2.75, 3.05) is 19.8 Å². The fourth-order valence-corrected chi connectivity index (χ4v) is 1.85. The fourth-order valence-electron chi connectivity index (χ4n) is 1.85. The summed E-state index contributed by atoms with van der Waals surface area (Å²) >= 11 is 0. The lowest BCUT2D eigenvalue weighted by atomic mass is 9.81. The predicted molar refractivity (Wildman–Crippen MR) is 40.8 cm³/mol. The molecule has 2 heterocycles. The lowest BCUT2D eigenvalue weighted by Gasteiger charge is -2.34. The van der Waals surface area contributed by atoms with Crippen molar-refractivity contribution >= 4 is 7.85 Å². The highest BCUT2D eigenvalue weighted by Crippen LogP contribution is 2.38. The van der Waals surface area contributed by atoms with E-state index in [1.807, 2.05) is 0 Å². The zero-order chi connectivity index (χ0) is 8.77. The summed E-state index contributed by atoms with van der Waals surface area (Å²) in [5, 5.41) is 18.7. The van der Waals surface area contributed by atoms with E-state index in [-0.39, 0.29) is 19.1 Å². The second kappa shape index (κ2) is 2.70. The van der Waals surface area contributed by atoms with Crippen LogP contribution in [-0.2, 0) is 9.47 Å². The highest BCUT2D eigenvalue weighted by molar-refractivity contribution is 6.11. The Labute approximate surface area is 71.9 Å². The minimum atomic E-state index is -0.970. The van der Waals surface area contributed by atoms with E-state index in [1.54, 1.807) is 0 Å². The van der Waals surface area contributed by atoms with Crippen LogP contribution in [0, 0.1) is 5.92 Å². The molecule has 5 heteroatoms. The van der Waals surface area contributed by atoms with Crippen molar-refractivity contribution < 1.29 is 19.7 Å². The van der Waals surface area contributed by atoms with Gasteiger partial charge in [-0.2, -0.15) is 0 Å². The van der Waals surface area contributed by atoms with E-state index in [0.29, 0.717) is 6.61 Å². The van der Waals surface area contributed by atoms with Crippen LogP contribution in [0.15, 0.2) is 0 Å². The zero-order valence-electron chi connectivity index (χ0n) is 6.64. The van der Waals surface area contributed by atoms with Crippen molar-refractivity contribution in [2.45, 2.75) is 17.7 Å². The molecule has 2 unspecified atom stereocenters. The van der Waals surface area contributed by atoms with Crippen molar-refractivity contribution in [2.24, 2.45) is 5.92 Å². The van der Waals surface area contributed by atoms with Crippen LogP contribution >= 0.6 is 0 Å². The van der Waals surface area contributed by atoms with Crippen molar-refractivity contribution in [3.05, 3.63) is 0 Å². The van der Waals surface area contributed by atoms with Gasteiger partial charge in [-0.3, -0.25) is 0 Å². The summed E-state index contributed by atoms with van der Waals surface area (Å²) in [6.07, 6.45) is -0.703. The number of hydrogen-bond acceptors (Lipinski definition) is 4. The summed E-state index contributed by atoms with van der Waals surface area (Å²) in [4.78, 5) is 0. The largest absolute Gasteiger partial charge is 0.393 e. The molecule has 0 aromatic heterocycles. The average Bonchev–Trinajstić information content (AvgIpc) is 2.23. The van der Waals surface area contributed by atoms with Gasteiger partial charge in [0.15, 0.2) is 0 Å². The van der Waals surface area contributed by atoms with Gasteiger partial charge in [-0.15, -0.1) is 0 Å². The molecule has 2 radical (unpaired) electrons. The third kappa shape index (κ3) is 0.940. The average molecular weight is 170 g/mol. The third-order valence-electron chi connectivity index (χ3n) is 2.66. The van der Waals surface area contributed by atoms with Crippen molar-refractivity contribution in [1.82, 2.24) is 0 Å². The number of aliphatic hydroxyl groups excluding tert-OH is 2. The molecule has 2 aliphatic rings. The Balaban J connectivity index is 2.24. The van der Waals surface area contributed by atoms with Gasteiger partial charge in [0.2, 0.25) is 0 Å². The minimum absolute atomic E-state index is 0.203. The molecule has 2 saturated heterocycles. The van der Waals surface area contributed by atoms with E-state index in [1.165, 1.54) is 0 Å². The fraction of sp³-hybridized carbons (Fsp3) is 1.00. The molecule has 4 atom stereocenters. The molecule has 2 aliphatic heterocycles. The molecule has 2 rings (SSSR count). The second-order valence-corrected chi connectivity index (χ2v) is 3.43. The second-order valence-electron chi connectivity index (χ2n) is 3.43. The van der Waals surface area contributed by atoms with Crippen LogP contribution in [0.4, 0.5) is 0 Å². The molecule has 2 fully saturated rings. The van der Waals surface area contributed by atoms with E-state index in [2.05, 4.69) is 0 Å². The SMILES string of the molecule is [B]C1O[C@@]2(CO)COCC1[C@H]2O. The van der Waals surface area contributed by atoms with E-state index in [0.717, 1.165) is 0 Å². The Morgan fingerprint density at radius 2 is 2.33 bits per heavy atom. The molecule has 2 bridgehead atoms. The number of rotatable bonds is 1. The zero-order valence-corrected chi connectivity index (χ0v) is 6.64. The maximum Gasteiger partial charge on any atom is 0.140 e. The van der Waals surface area contributed by atoms with Crippen LogP contribution < -0.4 is 0 Å². The molecule has 0 aliphatic carbocycles. The molecule has 0 aromatic rings. The van der Waals surface area contributed by atoms with Gasteiger partial charge < -0.3 is 19.7 Å². The van der Waals surface area contributed by atoms with Crippen LogP contribution in [0.5, 0.6) is 0 Å².